The van der Waals surface area contributed by atoms with Gasteiger partial charge in [0.15, 0.2) is 6.10 Å². The van der Waals surface area contributed by atoms with Crippen molar-refractivity contribution in [3.63, 3.8) is 0 Å². The number of carboxylic acid groups (broad SMARTS) is 1. The first-order valence-electron chi connectivity index (χ1n) is 5.08. The average Bonchev–Trinajstić information content (AvgIpc) is 2.11. The Morgan fingerprint density at radius 3 is 1.94 bits per heavy atom. The maximum absolute atomic E-state index is 10.8. The molecule has 0 bridgehead atoms. The normalized spacial score (nSPS) is 40.8. The molecule has 1 aliphatic heterocycles. The Bertz CT molecular complexity index is 271. The molecule has 0 aromatic rings. The molecule has 1 rings (SSSR count). The van der Waals surface area contributed by atoms with E-state index in [1.54, 1.807) is 20.8 Å². The van der Waals surface area contributed by atoms with Crippen LogP contribution in [0.3, 0.4) is 0 Å². The molecule has 16 heavy (non-hydrogen) atoms. The van der Waals surface area contributed by atoms with Gasteiger partial charge in [0.1, 0.15) is 18.3 Å². The second-order valence-electron chi connectivity index (χ2n) is 5.15. The molecule has 6 heteroatoms. The third-order valence-electron chi connectivity index (χ3n) is 2.71. The summed E-state index contributed by atoms with van der Waals surface area (Å²) in [6.07, 6.45) is -6.79. The van der Waals surface area contributed by atoms with Crippen LogP contribution in [0.5, 0.6) is 0 Å². The highest BCUT2D eigenvalue weighted by Gasteiger charge is 2.50. The molecule has 2 unspecified atom stereocenters. The number of aliphatic carboxylic acids is 1. The van der Waals surface area contributed by atoms with Crippen LogP contribution in [-0.4, -0.2) is 56.9 Å². The van der Waals surface area contributed by atoms with Crippen molar-refractivity contribution >= 4 is 5.97 Å². The van der Waals surface area contributed by atoms with Crippen LogP contribution in [-0.2, 0) is 9.53 Å². The van der Waals surface area contributed by atoms with Gasteiger partial charge in [-0.05, 0) is 5.41 Å². The van der Waals surface area contributed by atoms with E-state index in [-0.39, 0.29) is 0 Å². The summed E-state index contributed by atoms with van der Waals surface area (Å²) in [5, 5.41) is 37.5. The Balaban J connectivity index is 2.94. The third-order valence-corrected chi connectivity index (χ3v) is 2.71. The molecule has 0 amide bonds. The lowest BCUT2D eigenvalue weighted by Crippen LogP contribution is -2.62. The van der Waals surface area contributed by atoms with Crippen LogP contribution in [0.1, 0.15) is 20.8 Å². The summed E-state index contributed by atoms with van der Waals surface area (Å²) in [5.74, 6) is -1.35. The summed E-state index contributed by atoms with van der Waals surface area (Å²) in [7, 11) is 0. The van der Waals surface area contributed by atoms with Crippen LogP contribution in [0.25, 0.3) is 0 Å². The van der Waals surface area contributed by atoms with Crippen LogP contribution >= 0.6 is 0 Å². The van der Waals surface area contributed by atoms with Crippen LogP contribution in [0.4, 0.5) is 0 Å². The lowest BCUT2D eigenvalue weighted by Gasteiger charge is -2.44. The van der Waals surface area contributed by atoms with E-state index in [2.05, 4.69) is 0 Å². The second kappa shape index (κ2) is 4.29. The van der Waals surface area contributed by atoms with E-state index < -0.39 is 41.9 Å². The van der Waals surface area contributed by atoms with Gasteiger partial charge in [-0.3, -0.25) is 0 Å². The van der Waals surface area contributed by atoms with Gasteiger partial charge in [0.05, 0.1) is 6.10 Å². The summed E-state index contributed by atoms with van der Waals surface area (Å²) >= 11 is 0. The minimum absolute atomic E-state index is 0.533. The monoisotopic (exact) mass is 234 g/mol. The number of hydrogen-bond acceptors (Lipinski definition) is 5. The third kappa shape index (κ3) is 2.35. The van der Waals surface area contributed by atoms with Crippen molar-refractivity contribution in [3.8, 4) is 0 Å². The van der Waals surface area contributed by atoms with Gasteiger partial charge in [-0.15, -0.1) is 0 Å². The fourth-order valence-corrected chi connectivity index (χ4v) is 1.80. The predicted molar refractivity (Wildman–Crippen MR) is 53.8 cm³/mol. The zero-order valence-electron chi connectivity index (χ0n) is 9.49. The first-order valence-corrected chi connectivity index (χ1v) is 5.08. The Labute approximate surface area is 93.5 Å². The Morgan fingerprint density at radius 2 is 1.56 bits per heavy atom. The van der Waals surface area contributed by atoms with Crippen molar-refractivity contribution in [1.29, 1.82) is 0 Å². The van der Waals surface area contributed by atoms with Crippen LogP contribution in [0, 0.1) is 5.41 Å². The van der Waals surface area contributed by atoms with Crippen molar-refractivity contribution in [2.24, 2.45) is 5.41 Å². The molecule has 4 N–H and O–H groups in total. The number of aliphatic hydroxyl groups is 3. The standard InChI is InChI=1S/C10H18O6/c1-10(2,3)8-6(13)4(11)5(12)7(16-8)9(14)15/h4-8,11-13H,1-3H3,(H,14,15)/t4?,5-,6-,7?,8-/m0/s1. The Morgan fingerprint density at radius 1 is 1.06 bits per heavy atom. The van der Waals surface area contributed by atoms with Crippen LogP contribution in [0.15, 0.2) is 0 Å². The van der Waals surface area contributed by atoms with Crippen molar-refractivity contribution in [2.75, 3.05) is 0 Å². The number of carbonyl (C=O) groups is 1. The van der Waals surface area contributed by atoms with Crippen LogP contribution < -0.4 is 0 Å². The van der Waals surface area contributed by atoms with Crippen molar-refractivity contribution in [3.05, 3.63) is 0 Å². The maximum Gasteiger partial charge on any atom is 0.335 e. The quantitative estimate of drug-likeness (QED) is 0.462. The molecule has 6 nitrogen and oxygen atoms in total. The van der Waals surface area contributed by atoms with Gasteiger partial charge < -0.3 is 25.2 Å². The van der Waals surface area contributed by atoms with E-state index in [4.69, 9.17) is 9.84 Å². The van der Waals surface area contributed by atoms with E-state index in [0.717, 1.165) is 0 Å². The predicted octanol–water partition coefficient (Wildman–Crippen LogP) is -1.03. The summed E-state index contributed by atoms with van der Waals surface area (Å²) in [4.78, 5) is 10.8. The van der Waals surface area contributed by atoms with Crippen molar-refractivity contribution < 1.29 is 30.0 Å². The molecule has 0 aromatic heterocycles. The topological polar surface area (TPSA) is 107 Å². The summed E-state index contributed by atoms with van der Waals surface area (Å²) < 4.78 is 5.15. The number of aliphatic hydroxyl groups excluding tert-OH is 3. The SMILES string of the molecule is CC(C)(C)[C@H]1OC(C(=O)O)[C@@H](O)C(O)[C@@H]1O. The first-order chi connectivity index (χ1) is 7.16. The van der Waals surface area contributed by atoms with Gasteiger partial charge in [-0.25, -0.2) is 4.79 Å². The number of ether oxygens (including phenoxy) is 1. The minimum Gasteiger partial charge on any atom is -0.479 e. The highest BCUT2D eigenvalue weighted by atomic mass is 16.6. The largest absolute Gasteiger partial charge is 0.479 e. The lowest BCUT2D eigenvalue weighted by molar-refractivity contribution is -0.246. The van der Waals surface area contributed by atoms with Crippen LogP contribution in [0.2, 0.25) is 0 Å². The summed E-state index contributed by atoms with van der Waals surface area (Å²) in [5.41, 5.74) is -0.533. The van der Waals surface area contributed by atoms with Gasteiger partial charge in [0.25, 0.3) is 0 Å². The Hall–Kier alpha value is -0.690. The molecule has 0 aliphatic carbocycles. The molecule has 0 radical (unpaired) electrons. The summed E-state index contributed by atoms with van der Waals surface area (Å²) in [6.45, 7) is 5.26. The zero-order valence-corrected chi connectivity index (χ0v) is 9.49. The van der Waals surface area contributed by atoms with E-state index in [0.29, 0.717) is 0 Å². The van der Waals surface area contributed by atoms with E-state index in [9.17, 15) is 20.1 Å². The molecule has 1 fully saturated rings. The van der Waals surface area contributed by atoms with Crippen molar-refractivity contribution in [1.82, 2.24) is 0 Å². The van der Waals surface area contributed by atoms with Gasteiger partial charge >= 0.3 is 5.97 Å². The minimum atomic E-state index is -1.62. The fraction of sp³-hybridized carbons (Fsp3) is 0.900. The number of hydrogen-bond donors (Lipinski definition) is 4. The second-order valence-corrected chi connectivity index (χ2v) is 5.15. The molecule has 0 saturated carbocycles. The van der Waals surface area contributed by atoms with Gasteiger partial charge in [0.2, 0.25) is 0 Å². The molecule has 0 spiro atoms. The van der Waals surface area contributed by atoms with Gasteiger partial charge in [0, 0.05) is 0 Å². The highest BCUT2D eigenvalue weighted by Crippen LogP contribution is 2.32. The zero-order chi connectivity index (χ0) is 12.7. The summed E-state index contributed by atoms with van der Waals surface area (Å²) in [6, 6.07) is 0. The van der Waals surface area contributed by atoms with E-state index >= 15 is 0 Å². The lowest BCUT2D eigenvalue weighted by atomic mass is 9.80. The molecular formula is C10H18O6. The highest BCUT2D eigenvalue weighted by molar-refractivity contribution is 5.73. The molecule has 0 aromatic carbocycles. The van der Waals surface area contributed by atoms with E-state index in [1.807, 2.05) is 0 Å². The molecule has 1 saturated heterocycles. The first kappa shape index (κ1) is 13.4. The number of carboxylic acids is 1. The number of rotatable bonds is 1. The molecule has 1 heterocycles. The smallest absolute Gasteiger partial charge is 0.335 e. The average molecular weight is 234 g/mol. The fourth-order valence-electron chi connectivity index (χ4n) is 1.80. The molecule has 1 aliphatic rings. The van der Waals surface area contributed by atoms with Crippen molar-refractivity contribution in [2.45, 2.75) is 51.3 Å². The molecular weight excluding hydrogens is 216 g/mol. The molecule has 94 valence electrons. The van der Waals surface area contributed by atoms with E-state index in [1.165, 1.54) is 0 Å². The molecule has 5 atom stereocenters. The Kier molecular flexibility index (Phi) is 3.59. The maximum atomic E-state index is 10.8. The van der Waals surface area contributed by atoms with Gasteiger partial charge in [-0.2, -0.15) is 0 Å². The van der Waals surface area contributed by atoms with Gasteiger partial charge in [-0.1, -0.05) is 20.8 Å².